The van der Waals surface area contributed by atoms with Gasteiger partial charge in [0.1, 0.15) is 19.8 Å². The third-order valence-electron chi connectivity index (χ3n) is 4.81. The number of aromatic nitrogens is 3. The van der Waals surface area contributed by atoms with Gasteiger partial charge in [0, 0.05) is 5.56 Å². The van der Waals surface area contributed by atoms with Crippen molar-refractivity contribution in [3.8, 4) is 22.9 Å². The topological polar surface area (TPSA) is 81.2 Å². The van der Waals surface area contributed by atoms with Crippen LogP contribution in [0.5, 0.6) is 11.5 Å². The number of carbonyl (C=O) groups excluding carboxylic acids is 1. The molecule has 4 rings (SSSR count). The smallest absolute Gasteiger partial charge is 0.240 e. The minimum Gasteiger partial charge on any atom is -0.486 e. The lowest BCUT2D eigenvalue weighted by Gasteiger charge is -2.21. The Morgan fingerprint density at radius 3 is 2.69 bits per heavy atom. The molecule has 3 aromatic rings. The molecule has 2 N–H and O–H groups in total. The number of hydrogen-bond donors (Lipinski definition) is 2. The van der Waals surface area contributed by atoms with E-state index in [0.717, 1.165) is 22.4 Å². The summed E-state index contributed by atoms with van der Waals surface area (Å²) in [6.07, 6.45) is 0. The standard InChI is InChI=1S/C21H22N4O3S/c1-13-3-5-15(6-4-13)20-23-24-21(29)25(20)12-19(26)22-14(2)16-7-8-17-18(11-16)28-10-9-27-17/h3-8,11,14H,9-10,12H2,1-2H3,(H,22,26)(H,24,29)/t14-/m0/s1. The van der Waals surface area contributed by atoms with Crippen LogP contribution in [0.4, 0.5) is 0 Å². The van der Waals surface area contributed by atoms with Crippen LogP contribution in [0.1, 0.15) is 24.1 Å². The summed E-state index contributed by atoms with van der Waals surface area (Å²) in [7, 11) is 0. The lowest BCUT2D eigenvalue weighted by atomic mass is 10.1. The zero-order valence-corrected chi connectivity index (χ0v) is 17.1. The Bertz CT molecular complexity index is 1090. The first-order valence-corrected chi connectivity index (χ1v) is 9.83. The second-order valence-electron chi connectivity index (χ2n) is 7.00. The molecule has 1 aliphatic rings. The summed E-state index contributed by atoms with van der Waals surface area (Å²) in [5.41, 5.74) is 2.99. The highest BCUT2D eigenvalue weighted by Crippen LogP contribution is 2.32. The lowest BCUT2D eigenvalue weighted by molar-refractivity contribution is -0.122. The Morgan fingerprint density at radius 1 is 1.21 bits per heavy atom. The van der Waals surface area contributed by atoms with E-state index in [2.05, 4.69) is 15.5 Å². The fourth-order valence-corrected chi connectivity index (χ4v) is 3.43. The second-order valence-corrected chi connectivity index (χ2v) is 7.38. The number of ether oxygens (including phenoxy) is 2. The number of aryl methyl sites for hydroxylation is 1. The van der Waals surface area contributed by atoms with Gasteiger partial charge in [-0.15, -0.1) is 0 Å². The molecule has 29 heavy (non-hydrogen) atoms. The first-order chi connectivity index (χ1) is 14.0. The van der Waals surface area contributed by atoms with Crippen molar-refractivity contribution in [1.82, 2.24) is 20.1 Å². The zero-order valence-electron chi connectivity index (χ0n) is 16.3. The molecule has 0 unspecified atom stereocenters. The molecular formula is C21H22N4O3S. The quantitative estimate of drug-likeness (QED) is 0.629. The number of H-pyrrole nitrogens is 1. The van der Waals surface area contributed by atoms with Crippen LogP contribution in [0.2, 0.25) is 0 Å². The van der Waals surface area contributed by atoms with Gasteiger partial charge < -0.3 is 14.8 Å². The normalized spacial score (nSPS) is 13.7. The van der Waals surface area contributed by atoms with Gasteiger partial charge in [-0.05, 0) is 43.8 Å². The number of benzene rings is 2. The molecule has 8 heteroatoms. The maximum Gasteiger partial charge on any atom is 0.240 e. The highest BCUT2D eigenvalue weighted by Gasteiger charge is 2.17. The van der Waals surface area contributed by atoms with Gasteiger partial charge in [0.25, 0.3) is 0 Å². The largest absolute Gasteiger partial charge is 0.486 e. The molecule has 2 aromatic carbocycles. The number of fused-ring (bicyclic) bond motifs is 1. The molecule has 0 saturated carbocycles. The summed E-state index contributed by atoms with van der Waals surface area (Å²) in [5.74, 6) is 1.91. The summed E-state index contributed by atoms with van der Waals surface area (Å²) >= 11 is 5.33. The monoisotopic (exact) mass is 410 g/mol. The van der Waals surface area contributed by atoms with Gasteiger partial charge in [0.15, 0.2) is 22.1 Å². The van der Waals surface area contributed by atoms with Crippen LogP contribution >= 0.6 is 12.2 Å². The molecule has 1 atom stereocenters. The van der Waals surface area contributed by atoms with Gasteiger partial charge in [-0.1, -0.05) is 35.9 Å². The van der Waals surface area contributed by atoms with Crippen LogP contribution < -0.4 is 14.8 Å². The van der Waals surface area contributed by atoms with E-state index < -0.39 is 0 Å². The Balaban J connectivity index is 1.48. The van der Waals surface area contributed by atoms with Gasteiger partial charge in [-0.25, -0.2) is 0 Å². The first-order valence-electron chi connectivity index (χ1n) is 9.42. The number of nitrogens with zero attached hydrogens (tertiary/aromatic N) is 2. The van der Waals surface area contributed by atoms with Crippen LogP contribution in [0.25, 0.3) is 11.4 Å². The van der Waals surface area contributed by atoms with Crippen molar-refractivity contribution in [2.75, 3.05) is 13.2 Å². The number of rotatable bonds is 5. The molecule has 1 aromatic heterocycles. The molecule has 0 bridgehead atoms. The van der Waals surface area contributed by atoms with Crippen molar-refractivity contribution in [3.63, 3.8) is 0 Å². The van der Waals surface area contributed by atoms with Crippen molar-refractivity contribution >= 4 is 18.1 Å². The van der Waals surface area contributed by atoms with E-state index in [1.165, 1.54) is 0 Å². The van der Waals surface area contributed by atoms with Crippen molar-refractivity contribution in [1.29, 1.82) is 0 Å². The van der Waals surface area contributed by atoms with Crippen LogP contribution in [-0.2, 0) is 11.3 Å². The fraction of sp³-hybridized carbons (Fsp3) is 0.286. The maximum absolute atomic E-state index is 12.7. The maximum atomic E-state index is 12.7. The van der Waals surface area contributed by atoms with Crippen molar-refractivity contribution < 1.29 is 14.3 Å². The molecule has 7 nitrogen and oxygen atoms in total. The number of nitrogens with one attached hydrogen (secondary N) is 2. The molecule has 0 aliphatic carbocycles. The van der Waals surface area contributed by atoms with E-state index >= 15 is 0 Å². The predicted molar refractivity (Wildman–Crippen MR) is 112 cm³/mol. The minimum atomic E-state index is -0.192. The van der Waals surface area contributed by atoms with E-state index in [1.54, 1.807) is 4.57 Å². The third kappa shape index (κ3) is 4.17. The number of aromatic amines is 1. The molecule has 0 fully saturated rings. The molecule has 1 aliphatic heterocycles. The van der Waals surface area contributed by atoms with Gasteiger partial charge in [0.2, 0.25) is 5.91 Å². The molecular weight excluding hydrogens is 388 g/mol. The molecule has 1 amide bonds. The number of carbonyl (C=O) groups is 1. The summed E-state index contributed by atoms with van der Waals surface area (Å²) in [4.78, 5) is 12.7. The van der Waals surface area contributed by atoms with Crippen LogP contribution in [-0.4, -0.2) is 33.9 Å². The second kappa shape index (κ2) is 8.08. The van der Waals surface area contributed by atoms with Crippen LogP contribution in [0.3, 0.4) is 0 Å². The molecule has 0 saturated heterocycles. The van der Waals surface area contributed by atoms with Crippen molar-refractivity contribution in [3.05, 3.63) is 58.4 Å². The van der Waals surface area contributed by atoms with Gasteiger partial charge in [-0.3, -0.25) is 14.5 Å². The Morgan fingerprint density at radius 2 is 1.93 bits per heavy atom. The predicted octanol–water partition coefficient (Wildman–Crippen LogP) is 3.56. The van der Waals surface area contributed by atoms with E-state index in [9.17, 15) is 4.79 Å². The Labute approximate surface area is 173 Å². The summed E-state index contributed by atoms with van der Waals surface area (Å²) in [5, 5.41) is 10.1. The SMILES string of the molecule is Cc1ccc(-c2n[nH]c(=S)n2CC(=O)N[C@@H](C)c2ccc3c(c2)OCCO3)cc1. The van der Waals surface area contributed by atoms with Gasteiger partial charge in [0.05, 0.1) is 6.04 Å². The van der Waals surface area contributed by atoms with Crippen molar-refractivity contribution in [2.45, 2.75) is 26.4 Å². The third-order valence-corrected chi connectivity index (χ3v) is 5.13. The lowest BCUT2D eigenvalue weighted by Crippen LogP contribution is -2.30. The molecule has 2 heterocycles. The molecule has 150 valence electrons. The van der Waals surface area contributed by atoms with Crippen LogP contribution in [0.15, 0.2) is 42.5 Å². The first kappa shape index (κ1) is 19.2. The number of hydrogen-bond acceptors (Lipinski definition) is 5. The average molecular weight is 410 g/mol. The van der Waals surface area contributed by atoms with E-state index in [-0.39, 0.29) is 18.5 Å². The Hall–Kier alpha value is -3.13. The molecule has 0 radical (unpaired) electrons. The summed E-state index contributed by atoms with van der Waals surface area (Å²) in [6.45, 7) is 5.10. The summed E-state index contributed by atoms with van der Waals surface area (Å²) < 4.78 is 13.3. The van der Waals surface area contributed by atoms with Crippen LogP contribution in [0, 0.1) is 11.7 Å². The molecule has 0 spiro atoms. The van der Waals surface area contributed by atoms with E-state index in [4.69, 9.17) is 21.7 Å². The fourth-order valence-electron chi connectivity index (χ4n) is 3.23. The minimum absolute atomic E-state index is 0.0768. The summed E-state index contributed by atoms with van der Waals surface area (Å²) in [6, 6.07) is 13.4. The average Bonchev–Trinajstić information content (AvgIpc) is 3.08. The van der Waals surface area contributed by atoms with E-state index in [1.807, 2.05) is 56.3 Å². The highest BCUT2D eigenvalue weighted by molar-refractivity contribution is 7.71. The van der Waals surface area contributed by atoms with Gasteiger partial charge >= 0.3 is 0 Å². The van der Waals surface area contributed by atoms with Crippen molar-refractivity contribution in [2.24, 2.45) is 0 Å². The highest BCUT2D eigenvalue weighted by atomic mass is 32.1. The zero-order chi connectivity index (χ0) is 20.4. The number of amides is 1. The van der Waals surface area contributed by atoms with Gasteiger partial charge in [-0.2, -0.15) is 5.10 Å². The van der Waals surface area contributed by atoms with E-state index in [0.29, 0.717) is 29.6 Å². The Kier molecular flexibility index (Phi) is 5.35.